The summed E-state index contributed by atoms with van der Waals surface area (Å²) < 4.78 is 10.5. The molecular weight excluding hydrogens is 294 g/mol. The van der Waals surface area contributed by atoms with Crippen molar-refractivity contribution in [2.75, 3.05) is 6.61 Å². The fraction of sp³-hybridized carbons (Fsp3) is 0.500. The molecule has 5 N–H and O–H groups in total. The summed E-state index contributed by atoms with van der Waals surface area (Å²) >= 11 is 0. The van der Waals surface area contributed by atoms with Crippen molar-refractivity contribution in [3.8, 4) is 11.8 Å². The van der Waals surface area contributed by atoms with Crippen molar-refractivity contribution < 1.29 is 35.0 Å². The van der Waals surface area contributed by atoms with Gasteiger partial charge < -0.3 is 35.0 Å². The largest absolute Gasteiger partial charge is 0.508 e. The molecule has 1 aromatic carbocycles. The maximum absolute atomic E-state index is 9.87. The quantitative estimate of drug-likeness (QED) is 0.465. The van der Waals surface area contributed by atoms with Crippen molar-refractivity contribution >= 4 is 0 Å². The third-order valence-electron chi connectivity index (χ3n) is 3.43. The number of aromatic hydroxyl groups is 1. The number of nitriles is 1. The van der Waals surface area contributed by atoms with Crippen molar-refractivity contribution in [2.45, 2.75) is 36.8 Å². The average molecular weight is 311 g/mol. The number of ether oxygens (including phenoxy) is 2. The summed E-state index contributed by atoms with van der Waals surface area (Å²) in [5.74, 6) is 0.0216. The number of rotatable bonds is 4. The summed E-state index contributed by atoms with van der Waals surface area (Å²) in [6, 6.07) is 7.54. The molecule has 1 aliphatic rings. The first-order chi connectivity index (χ1) is 10.5. The van der Waals surface area contributed by atoms with Gasteiger partial charge >= 0.3 is 0 Å². The predicted molar refractivity (Wildman–Crippen MR) is 71.3 cm³/mol. The normalized spacial score (nSPS) is 33.1. The molecule has 0 aliphatic carbocycles. The standard InChI is InChI=1S/C14H17NO7/c15-5-9(7-1-3-8(17)4-2-7)21-14-13(20)12(19)11(18)10(6-16)22-14/h1-4,9-14,16-20H,6H2/t9-,10+,11-,12-,13+,14-/m0/s1. The van der Waals surface area contributed by atoms with E-state index in [4.69, 9.17) is 14.6 Å². The molecule has 0 saturated carbocycles. The van der Waals surface area contributed by atoms with E-state index in [1.807, 2.05) is 6.07 Å². The van der Waals surface area contributed by atoms with Crippen LogP contribution in [0, 0.1) is 11.3 Å². The smallest absolute Gasteiger partial charge is 0.188 e. The van der Waals surface area contributed by atoms with Crippen LogP contribution in [0.5, 0.6) is 5.75 Å². The second-order valence-electron chi connectivity index (χ2n) is 4.93. The van der Waals surface area contributed by atoms with Gasteiger partial charge in [0.05, 0.1) is 12.7 Å². The Labute approximate surface area is 126 Å². The molecule has 6 atom stereocenters. The van der Waals surface area contributed by atoms with Crippen LogP contribution in [0.15, 0.2) is 24.3 Å². The zero-order valence-corrected chi connectivity index (χ0v) is 11.5. The van der Waals surface area contributed by atoms with Crippen LogP contribution in [0.25, 0.3) is 0 Å². The molecule has 1 aromatic rings. The lowest BCUT2D eigenvalue weighted by Gasteiger charge is -2.40. The van der Waals surface area contributed by atoms with Crippen molar-refractivity contribution in [1.29, 1.82) is 5.26 Å². The summed E-state index contributed by atoms with van der Waals surface area (Å²) in [7, 11) is 0. The van der Waals surface area contributed by atoms with Crippen LogP contribution in [0.3, 0.4) is 0 Å². The molecule has 22 heavy (non-hydrogen) atoms. The first kappa shape index (κ1) is 16.6. The monoisotopic (exact) mass is 311 g/mol. The molecule has 0 amide bonds. The highest BCUT2D eigenvalue weighted by Crippen LogP contribution is 2.27. The number of aliphatic hydroxyl groups is 4. The van der Waals surface area contributed by atoms with Gasteiger partial charge in [0.2, 0.25) is 0 Å². The van der Waals surface area contributed by atoms with Gasteiger partial charge in [-0.25, -0.2) is 0 Å². The van der Waals surface area contributed by atoms with Gasteiger partial charge in [-0.15, -0.1) is 0 Å². The van der Waals surface area contributed by atoms with Gasteiger partial charge in [-0.3, -0.25) is 0 Å². The third kappa shape index (κ3) is 3.36. The van der Waals surface area contributed by atoms with Gasteiger partial charge in [0.15, 0.2) is 12.4 Å². The molecule has 1 saturated heterocycles. The number of aliphatic hydroxyl groups excluding tert-OH is 4. The topological polar surface area (TPSA) is 143 Å². The molecule has 0 spiro atoms. The van der Waals surface area contributed by atoms with Crippen LogP contribution in [0.1, 0.15) is 11.7 Å². The fourth-order valence-corrected chi connectivity index (χ4v) is 2.15. The van der Waals surface area contributed by atoms with Crippen LogP contribution >= 0.6 is 0 Å². The molecular formula is C14H17NO7. The van der Waals surface area contributed by atoms with Gasteiger partial charge in [-0.1, -0.05) is 12.1 Å². The molecule has 1 heterocycles. The lowest BCUT2D eigenvalue weighted by atomic mass is 9.99. The number of nitrogens with zero attached hydrogens (tertiary/aromatic N) is 1. The molecule has 0 aromatic heterocycles. The van der Waals surface area contributed by atoms with E-state index in [9.17, 15) is 25.7 Å². The van der Waals surface area contributed by atoms with E-state index in [1.54, 1.807) is 0 Å². The number of hydrogen-bond donors (Lipinski definition) is 5. The highest BCUT2D eigenvalue weighted by atomic mass is 16.7. The van der Waals surface area contributed by atoms with E-state index in [0.717, 1.165) is 0 Å². The number of benzene rings is 1. The zero-order chi connectivity index (χ0) is 16.3. The van der Waals surface area contributed by atoms with Crippen molar-refractivity contribution in [3.63, 3.8) is 0 Å². The Balaban J connectivity index is 2.13. The lowest BCUT2D eigenvalue weighted by molar-refractivity contribution is -0.307. The average Bonchev–Trinajstić information content (AvgIpc) is 2.53. The highest BCUT2D eigenvalue weighted by molar-refractivity contribution is 5.29. The maximum Gasteiger partial charge on any atom is 0.188 e. The summed E-state index contributed by atoms with van der Waals surface area (Å²) in [5.41, 5.74) is 0.414. The molecule has 2 rings (SSSR count). The minimum atomic E-state index is -1.58. The summed E-state index contributed by atoms with van der Waals surface area (Å²) in [6.07, 6.45) is -8.27. The molecule has 8 nitrogen and oxygen atoms in total. The SMILES string of the molecule is N#C[C@H](O[C@H]1O[C@H](CO)[C@H](O)[C@H](O)[C@H]1O)c1ccc(O)cc1. The minimum Gasteiger partial charge on any atom is -0.508 e. The van der Waals surface area contributed by atoms with Crippen molar-refractivity contribution in [1.82, 2.24) is 0 Å². The predicted octanol–water partition coefficient (Wildman–Crippen LogP) is -1.23. The number of hydrogen-bond acceptors (Lipinski definition) is 8. The third-order valence-corrected chi connectivity index (χ3v) is 3.43. The highest BCUT2D eigenvalue weighted by Gasteiger charge is 2.44. The fourth-order valence-electron chi connectivity index (χ4n) is 2.15. The Kier molecular flexibility index (Phi) is 5.31. The first-order valence-corrected chi connectivity index (χ1v) is 6.62. The lowest BCUT2D eigenvalue weighted by Crippen LogP contribution is -2.59. The Hall–Kier alpha value is -1.73. The Morgan fingerprint density at radius 2 is 1.77 bits per heavy atom. The maximum atomic E-state index is 9.87. The van der Waals surface area contributed by atoms with Gasteiger partial charge in [-0.2, -0.15) is 5.26 Å². The Morgan fingerprint density at radius 1 is 1.14 bits per heavy atom. The number of phenols is 1. The van der Waals surface area contributed by atoms with E-state index >= 15 is 0 Å². The van der Waals surface area contributed by atoms with Gasteiger partial charge in [0, 0.05) is 0 Å². The second-order valence-corrected chi connectivity index (χ2v) is 4.93. The molecule has 8 heteroatoms. The molecule has 0 bridgehead atoms. The van der Waals surface area contributed by atoms with Crippen LogP contribution in [-0.2, 0) is 9.47 Å². The molecule has 0 unspecified atom stereocenters. The molecule has 1 aliphatic heterocycles. The molecule has 120 valence electrons. The van der Waals surface area contributed by atoms with Gasteiger partial charge in [0.25, 0.3) is 0 Å². The minimum absolute atomic E-state index is 0.0216. The Morgan fingerprint density at radius 3 is 2.32 bits per heavy atom. The number of phenolic OH excluding ortho intramolecular Hbond substituents is 1. The summed E-state index contributed by atoms with van der Waals surface area (Å²) in [4.78, 5) is 0. The van der Waals surface area contributed by atoms with Crippen molar-refractivity contribution in [3.05, 3.63) is 29.8 Å². The second kappa shape index (κ2) is 7.02. The first-order valence-electron chi connectivity index (χ1n) is 6.62. The summed E-state index contributed by atoms with van der Waals surface area (Å²) in [5, 5.41) is 56.7. The van der Waals surface area contributed by atoms with Crippen LogP contribution in [-0.4, -0.2) is 62.8 Å². The van der Waals surface area contributed by atoms with E-state index in [-0.39, 0.29) is 5.75 Å². The molecule has 1 fully saturated rings. The van der Waals surface area contributed by atoms with Crippen LogP contribution < -0.4 is 0 Å². The van der Waals surface area contributed by atoms with E-state index in [0.29, 0.717) is 5.56 Å². The van der Waals surface area contributed by atoms with Crippen LogP contribution in [0.4, 0.5) is 0 Å². The van der Waals surface area contributed by atoms with Gasteiger partial charge in [0.1, 0.15) is 30.2 Å². The van der Waals surface area contributed by atoms with E-state index < -0.39 is 43.4 Å². The van der Waals surface area contributed by atoms with Gasteiger partial charge in [-0.05, 0) is 17.7 Å². The van der Waals surface area contributed by atoms with E-state index in [2.05, 4.69) is 0 Å². The molecule has 0 radical (unpaired) electrons. The van der Waals surface area contributed by atoms with Crippen LogP contribution in [0.2, 0.25) is 0 Å². The van der Waals surface area contributed by atoms with Crippen molar-refractivity contribution in [2.24, 2.45) is 0 Å². The van der Waals surface area contributed by atoms with E-state index in [1.165, 1.54) is 24.3 Å². The Bertz CT molecular complexity index is 527. The summed E-state index contributed by atoms with van der Waals surface area (Å²) in [6.45, 7) is -0.582. The zero-order valence-electron chi connectivity index (χ0n) is 11.5.